The minimum absolute atomic E-state index is 0.255. The van der Waals surface area contributed by atoms with E-state index in [1.54, 1.807) is 33.7 Å². The Balaban J connectivity index is 1.48. The lowest BCUT2D eigenvalue weighted by Gasteiger charge is -2.21. The molecular formula is C33H35N5O4S. The molecular weight excluding hydrogens is 562 g/mol. The fourth-order valence-corrected chi connectivity index (χ4v) is 6.72. The highest BCUT2D eigenvalue weighted by molar-refractivity contribution is 7.91. The second-order valence-electron chi connectivity index (χ2n) is 9.92. The number of nitrogens with zero attached hydrogens (tertiary/aromatic N) is 3. The van der Waals surface area contributed by atoms with Gasteiger partial charge in [-0.05, 0) is 85.6 Å². The zero-order valence-corrected chi connectivity index (χ0v) is 25.6. The molecule has 2 aromatic heterocycles. The van der Waals surface area contributed by atoms with Crippen LogP contribution in [0.2, 0.25) is 0 Å². The van der Waals surface area contributed by atoms with E-state index >= 15 is 0 Å². The van der Waals surface area contributed by atoms with Crippen molar-refractivity contribution in [2.24, 2.45) is 4.36 Å². The lowest BCUT2D eigenvalue weighted by atomic mass is 10.1. The highest BCUT2D eigenvalue weighted by Gasteiger charge is 2.20. The number of aromatic nitrogens is 2. The molecule has 0 aliphatic heterocycles. The number of methoxy groups -OCH3 is 3. The van der Waals surface area contributed by atoms with Gasteiger partial charge in [-0.2, -0.15) is 0 Å². The first-order chi connectivity index (χ1) is 20.8. The van der Waals surface area contributed by atoms with Crippen molar-refractivity contribution in [2.75, 3.05) is 26.6 Å². The van der Waals surface area contributed by atoms with Gasteiger partial charge in [-0.3, -0.25) is 4.98 Å². The molecule has 0 saturated carbocycles. The number of hydrogen-bond acceptors (Lipinski definition) is 8. The van der Waals surface area contributed by atoms with Crippen LogP contribution in [-0.4, -0.2) is 35.5 Å². The van der Waals surface area contributed by atoms with Crippen molar-refractivity contribution in [1.29, 1.82) is 0 Å². The van der Waals surface area contributed by atoms with Crippen LogP contribution in [0.15, 0.2) is 107 Å². The van der Waals surface area contributed by atoms with Gasteiger partial charge >= 0.3 is 0 Å². The lowest BCUT2D eigenvalue weighted by Crippen LogP contribution is -2.27. The summed E-state index contributed by atoms with van der Waals surface area (Å²) in [6.45, 7) is 3.91. The van der Waals surface area contributed by atoms with Crippen LogP contribution in [0.25, 0.3) is 10.9 Å². The third-order valence-corrected chi connectivity index (χ3v) is 9.33. The summed E-state index contributed by atoms with van der Waals surface area (Å²) in [5.41, 5.74) is 4.23. The average Bonchev–Trinajstić information content (AvgIpc) is 3.05. The molecule has 9 nitrogen and oxygen atoms in total. The van der Waals surface area contributed by atoms with Crippen LogP contribution in [0, 0.1) is 0 Å². The molecule has 0 aliphatic rings. The molecule has 0 saturated heterocycles. The summed E-state index contributed by atoms with van der Waals surface area (Å²) in [6.07, 6.45) is 3.40. The van der Waals surface area contributed by atoms with Gasteiger partial charge in [0, 0.05) is 35.2 Å². The number of rotatable bonds is 11. The molecule has 3 atom stereocenters. The Morgan fingerprint density at radius 2 is 1.33 bits per heavy atom. The van der Waals surface area contributed by atoms with Crippen LogP contribution in [0.5, 0.6) is 17.4 Å². The fourth-order valence-electron chi connectivity index (χ4n) is 4.72. The smallest absolute Gasteiger partial charge is 0.240 e. The number of pyridine rings is 2. The minimum Gasteiger partial charge on any atom is -0.497 e. The Morgan fingerprint density at radius 3 is 1.93 bits per heavy atom. The second kappa shape index (κ2) is 13.1. The average molecular weight is 598 g/mol. The van der Waals surface area contributed by atoms with E-state index in [0.29, 0.717) is 16.3 Å². The third kappa shape index (κ3) is 6.71. The van der Waals surface area contributed by atoms with Crippen molar-refractivity contribution in [3.05, 3.63) is 108 Å². The van der Waals surface area contributed by atoms with Crippen LogP contribution in [0.3, 0.4) is 0 Å². The van der Waals surface area contributed by atoms with E-state index in [0.717, 1.165) is 39.4 Å². The van der Waals surface area contributed by atoms with Gasteiger partial charge in [0.15, 0.2) is 0 Å². The number of benzene rings is 3. The van der Waals surface area contributed by atoms with Crippen LogP contribution < -0.4 is 24.2 Å². The van der Waals surface area contributed by atoms with Gasteiger partial charge in [-0.1, -0.05) is 24.3 Å². The van der Waals surface area contributed by atoms with E-state index in [-0.39, 0.29) is 12.1 Å². The summed E-state index contributed by atoms with van der Waals surface area (Å²) in [5.74, 6) is 1.97. The summed E-state index contributed by atoms with van der Waals surface area (Å²) in [5, 5.41) is 4.32. The van der Waals surface area contributed by atoms with E-state index in [1.165, 1.54) is 0 Å². The molecule has 0 bridgehead atoms. The maximum absolute atomic E-state index is 14.7. The molecule has 0 spiro atoms. The first kappa shape index (κ1) is 29.8. The van der Waals surface area contributed by atoms with Gasteiger partial charge < -0.3 is 19.5 Å². The molecule has 5 aromatic rings. The fraction of sp³-hybridized carbons (Fsp3) is 0.212. The van der Waals surface area contributed by atoms with Gasteiger partial charge in [0.05, 0.1) is 32.3 Å². The molecule has 2 heterocycles. The SMILES string of the molecule is COc1ccc(C(C)N=S(=O)(NC(C)c2ccc(OC)cc2)c2ccc(Nc3ccnc4c(OC)nccc34)cc2)cc1. The molecule has 0 fully saturated rings. The highest BCUT2D eigenvalue weighted by Crippen LogP contribution is 2.31. The van der Waals surface area contributed by atoms with E-state index in [9.17, 15) is 4.21 Å². The van der Waals surface area contributed by atoms with E-state index in [1.807, 2.05) is 98.8 Å². The number of anilines is 2. The van der Waals surface area contributed by atoms with Crippen LogP contribution in [-0.2, 0) is 9.92 Å². The molecule has 5 rings (SSSR count). The predicted molar refractivity (Wildman–Crippen MR) is 171 cm³/mol. The molecule has 0 radical (unpaired) electrons. The first-order valence-corrected chi connectivity index (χ1v) is 15.3. The quantitative estimate of drug-likeness (QED) is 0.165. The summed E-state index contributed by atoms with van der Waals surface area (Å²) in [4.78, 5) is 9.24. The zero-order valence-electron chi connectivity index (χ0n) is 24.8. The molecule has 222 valence electrons. The molecule has 3 unspecified atom stereocenters. The Morgan fingerprint density at radius 1 is 0.721 bits per heavy atom. The molecule has 2 N–H and O–H groups in total. The summed E-state index contributed by atoms with van der Waals surface area (Å²) in [6, 6.07) is 26.0. The van der Waals surface area contributed by atoms with Crippen molar-refractivity contribution in [3.8, 4) is 17.4 Å². The monoisotopic (exact) mass is 597 g/mol. The Kier molecular flexibility index (Phi) is 9.08. The van der Waals surface area contributed by atoms with Crippen molar-refractivity contribution in [2.45, 2.75) is 30.8 Å². The molecule has 0 aliphatic carbocycles. The maximum atomic E-state index is 14.7. The lowest BCUT2D eigenvalue weighted by molar-refractivity contribution is 0.402. The molecule has 3 aromatic carbocycles. The van der Waals surface area contributed by atoms with Crippen molar-refractivity contribution < 1.29 is 18.4 Å². The summed E-state index contributed by atoms with van der Waals surface area (Å²) < 4.78 is 38.9. The van der Waals surface area contributed by atoms with Crippen LogP contribution in [0.1, 0.15) is 37.1 Å². The Labute approximate surface area is 252 Å². The maximum Gasteiger partial charge on any atom is 0.240 e. The van der Waals surface area contributed by atoms with E-state index in [4.69, 9.17) is 18.6 Å². The van der Waals surface area contributed by atoms with Crippen LogP contribution >= 0.6 is 0 Å². The summed E-state index contributed by atoms with van der Waals surface area (Å²) >= 11 is 0. The van der Waals surface area contributed by atoms with Gasteiger partial charge in [-0.15, -0.1) is 0 Å². The van der Waals surface area contributed by atoms with E-state index in [2.05, 4.69) is 20.0 Å². The number of fused-ring (bicyclic) bond motifs is 1. The second-order valence-corrected chi connectivity index (χ2v) is 11.9. The normalized spacial score (nSPS) is 13.9. The van der Waals surface area contributed by atoms with Gasteiger partial charge in [0.25, 0.3) is 0 Å². The van der Waals surface area contributed by atoms with Crippen LogP contribution in [0.4, 0.5) is 11.4 Å². The zero-order chi connectivity index (χ0) is 30.4. The first-order valence-electron chi connectivity index (χ1n) is 13.8. The highest BCUT2D eigenvalue weighted by atomic mass is 32.2. The Bertz CT molecular complexity index is 1800. The standard InChI is InChI=1S/C33H35N5O4S/c1-22(24-6-12-27(40-3)13-7-24)37-43(39,38-23(2)25-8-14-28(41-4)15-9-25)29-16-10-26(11-17-29)36-31-19-21-34-32-30(31)18-20-35-33(32)42-5/h6-23H,1-5H3,(H,34,36)(H,37,38,39). The molecule has 43 heavy (non-hydrogen) atoms. The predicted octanol–water partition coefficient (Wildman–Crippen LogP) is 7.25. The third-order valence-electron chi connectivity index (χ3n) is 7.13. The molecule has 10 heteroatoms. The van der Waals surface area contributed by atoms with E-state index < -0.39 is 9.92 Å². The Hall–Kier alpha value is -4.67. The van der Waals surface area contributed by atoms with Crippen molar-refractivity contribution in [3.63, 3.8) is 0 Å². The topological polar surface area (TPSA) is 107 Å². The van der Waals surface area contributed by atoms with Gasteiger partial charge in [0.1, 0.15) is 26.9 Å². The van der Waals surface area contributed by atoms with Gasteiger partial charge in [-0.25, -0.2) is 18.3 Å². The molecule has 0 amide bonds. The number of ether oxygens (including phenoxy) is 3. The largest absolute Gasteiger partial charge is 0.497 e. The van der Waals surface area contributed by atoms with Gasteiger partial charge in [0.2, 0.25) is 5.88 Å². The number of nitrogens with one attached hydrogen (secondary N) is 2. The van der Waals surface area contributed by atoms with Crippen molar-refractivity contribution in [1.82, 2.24) is 14.7 Å². The van der Waals surface area contributed by atoms with Crippen molar-refractivity contribution >= 4 is 32.2 Å². The number of hydrogen-bond donors (Lipinski definition) is 2. The summed E-state index contributed by atoms with van der Waals surface area (Å²) in [7, 11) is 1.76. The minimum atomic E-state index is -3.08.